The van der Waals surface area contributed by atoms with Gasteiger partial charge in [0.15, 0.2) is 0 Å². The summed E-state index contributed by atoms with van der Waals surface area (Å²) in [5.41, 5.74) is 0.446. The number of carboxylic acid groups (broad SMARTS) is 1. The molecule has 1 N–H and O–H groups in total. The number of nitrogens with zero attached hydrogens (tertiary/aromatic N) is 2. The Balaban J connectivity index is 2.17. The summed E-state index contributed by atoms with van der Waals surface area (Å²) in [6.07, 6.45) is -3.52. The summed E-state index contributed by atoms with van der Waals surface area (Å²) < 4.78 is 26.6. The largest absolute Gasteiger partial charge is 0.465 e. The molecular weight excluding hydrogens is 322 g/mol. The average Bonchev–Trinajstić information content (AvgIpc) is 2.38. The first-order chi connectivity index (χ1) is 8.99. The van der Waals surface area contributed by atoms with Crippen molar-refractivity contribution < 1.29 is 18.7 Å². The van der Waals surface area contributed by atoms with Crippen LogP contribution in [0.25, 0.3) is 0 Å². The van der Waals surface area contributed by atoms with Crippen molar-refractivity contribution in [3.8, 4) is 0 Å². The van der Waals surface area contributed by atoms with Crippen LogP contribution in [0.1, 0.15) is 12.0 Å². The molecule has 0 bridgehead atoms. The molecule has 1 aliphatic heterocycles. The third kappa shape index (κ3) is 3.15. The Kier molecular flexibility index (Phi) is 4.24. The minimum Gasteiger partial charge on any atom is -0.465 e. The van der Waals surface area contributed by atoms with Crippen LogP contribution < -0.4 is 4.90 Å². The molecule has 1 aromatic rings. The standard InChI is InChI=1S/C12H13BrF2N2O2/c13-8-1-2-10(9(7-8)11(14)15)16-3-5-17(6-4-16)12(18)19/h1-2,7,11H,3-6H2,(H,18,19). The molecule has 19 heavy (non-hydrogen) atoms. The van der Waals surface area contributed by atoms with Crippen LogP contribution in [0, 0.1) is 0 Å². The molecule has 1 heterocycles. The van der Waals surface area contributed by atoms with Gasteiger partial charge in [0.2, 0.25) is 0 Å². The smallest absolute Gasteiger partial charge is 0.407 e. The predicted octanol–water partition coefficient (Wildman–Crippen LogP) is 3.19. The quantitative estimate of drug-likeness (QED) is 0.903. The number of alkyl halides is 2. The van der Waals surface area contributed by atoms with E-state index in [0.717, 1.165) is 0 Å². The summed E-state index contributed by atoms with van der Waals surface area (Å²) >= 11 is 3.18. The summed E-state index contributed by atoms with van der Waals surface area (Å²) in [5, 5.41) is 8.86. The topological polar surface area (TPSA) is 43.8 Å². The third-order valence-electron chi connectivity index (χ3n) is 3.12. The Morgan fingerprint density at radius 1 is 1.26 bits per heavy atom. The molecule has 0 radical (unpaired) electrons. The lowest BCUT2D eigenvalue weighted by molar-refractivity contribution is 0.141. The van der Waals surface area contributed by atoms with Crippen molar-refractivity contribution in [2.75, 3.05) is 31.1 Å². The fraction of sp³-hybridized carbons (Fsp3) is 0.417. The molecule has 0 spiro atoms. The molecule has 1 aromatic carbocycles. The number of anilines is 1. The molecule has 1 aliphatic rings. The number of hydrogen-bond donors (Lipinski definition) is 1. The number of benzene rings is 1. The van der Waals surface area contributed by atoms with Gasteiger partial charge in [0.1, 0.15) is 0 Å². The van der Waals surface area contributed by atoms with Gasteiger partial charge in [0.25, 0.3) is 6.43 Å². The van der Waals surface area contributed by atoms with E-state index in [4.69, 9.17) is 5.11 Å². The van der Waals surface area contributed by atoms with E-state index in [1.165, 1.54) is 11.0 Å². The van der Waals surface area contributed by atoms with Crippen molar-refractivity contribution >= 4 is 27.7 Å². The number of halogens is 3. The van der Waals surface area contributed by atoms with Gasteiger partial charge >= 0.3 is 6.09 Å². The molecule has 104 valence electrons. The van der Waals surface area contributed by atoms with Gasteiger partial charge in [-0.3, -0.25) is 0 Å². The summed E-state index contributed by atoms with van der Waals surface area (Å²) in [6.45, 7) is 1.50. The lowest BCUT2D eigenvalue weighted by atomic mass is 10.1. The molecule has 2 rings (SSSR count). The molecule has 0 aromatic heterocycles. The van der Waals surface area contributed by atoms with E-state index in [1.807, 2.05) is 0 Å². The van der Waals surface area contributed by atoms with E-state index < -0.39 is 12.5 Å². The van der Waals surface area contributed by atoms with E-state index >= 15 is 0 Å². The Labute approximate surface area is 117 Å². The number of piperazine rings is 1. The molecule has 0 unspecified atom stereocenters. The van der Waals surface area contributed by atoms with Crippen molar-refractivity contribution in [2.45, 2.75) is 6.43 Å². The highest BCUT2D eigenvalue weighted by Gasteiger charge is 2.24. The first kappa shape index (κ1) is 14.0. The third-order valence-corrected chi connectivity index (χ3v) is 3.61. The second-order valence-electron chi connectivity index (χ2n) is 4.26. The van der Waals surface area contributed by atoms with Crippen LogP contribution in [0.4, 0.5) is 19.3 Å². The predicted molar refractivity (Wildman–Crippen MR) is 70.9 cm³/mol. The van der Waals surface area contributed by atoms with Crippen LogP contribution in [-0.4, -0.2) is 42.3 Å². The maximum Gasteiger partial charge on any atom is 0.407 e. The normalized spacial score (nSPS) is 16.0. The zero-order valence-electron chi connectivity index (χ0n) is 10.0. The van der Waals surface area contributed by atoms with Crippen molar-refractivity contribution in [1.82, 2.24) is 4.90 Å². The van der Waals surface area contributed by atoms with Crippen LogP contribution in [0.3, 0.4) is 0 Å². The molecule has 0 atom stereocenters. The van der Waals surface area contributed by atoms with Crippen LogP contribution in [0.2, 0.25) is 0 Å². The second-order valence-corrected chi connectivity index (χ2v) is 5.18. The lowest BCUT2D eigenvalue weighted by Gasteiger charge is -2.35. The SMILES string of the molecule is O=C(O)N1CCN(c2ccc(Br)cc2C(F)F)CC1. The average molecular weight is 335 g/mol. The van der Waals surface area contributed by atoms with Crippen LogP contribution in [0.15, 0.2) is 22.7 Å². The van der Waals surface area contributed by atoms with Crippen LogP contribution in [0.5, 0.6) is 0 Å². The number of carbonyl (C=O) groups is 1. The second kappa shape index (κ2) is 5.73. The summed E-state index contributed by atoms with van der Waals surface area (Å²) in [7, 11) is 0. The van der Waals surface area contributed by atoms with Gasteiger partial charge in [-0.05, 0) is 18.2 Å². The summed E-state index contributed by atoms with van der Waals surface area (Å²) in [5.74, 6) is 0. The highest BCUT2D eigenvalue weighted by molar-refractivity contribution is 9.10. The van der Waals surface area contributed by atoms with Gasteiger partial charge in [-0.2, -0.15) is 0 Å². The zero-order chi connectivity index (χ0) is 14.0. The number of rotatable bonds is 2. The summed E-state index contributed by atoms with van der Waals surface area (Å²) in [6, 6.07) is 4.76. The molecule has 1 saturated heterocycles. The fourth-order valence-corrected chi connectivity index (χ4v) is 2.51. The van der Waals surface area contributed by atoms with Crippen molar-refractivity contribution in [1.29, 1.82) is 0 Å². The van der Waals surface area contributed by atoms with Gasteiger partial charge in [0.05, 0.1) is 0 Å². The fourth-order valence-electron chi connectivity index (χ4n) is 2.13. The Hall–Kier alpha value is -1.37. The van der Waals surface area contributed by atoms with Crippen molar-refractivity contribution in [3.05, 3.63) is 28.2 Å². The Bertz CT molecular complexity index is 477. The van der Waals surface area contributed by atoms with Crippen LogP contribution >= 0.6 is 15.9 Å². The maximum absolute atomic E-state index is 13.0. The van der Waals surface area contributed by atoms with E-state index in [1.54, 1.807) is 17.0 Å². The maximum atomic E-state index is 13.0. The first-order valence-electron chi connectivity index (χ1n) is 5.79. The van der Waals surface area contributed by atoms with Crippen molar-refractivity contribution in [2.24, 2.45) is 0 Å². The molecule has 0 saturated carbocycles. The van der Waals surface area contributed by atoms with Crippen molar-refractivity contribution in [3.63, 3.8) is 0 Å². The van der Waals surface area contributed by atoms with Gasteiger partial charge < -0.3 is 14.9 Å². The molecule has 1 fully saturated rings. The minimum atomic E-state index is -2.55. The number of amides is 1. The van der Waals surface area contributed by atoms with E-state index in [-0.39, 0.29) is 5.56 Å². The Morgan fingerprint density at radius 2 is 1.89 bits per heavy atom. The van der Waals surface area contributed by atoms with E-state index in [2.05, 4.69) is 15.9 Å². The van der Waals surface area contributed by atoms with E-state index in [9.17, 15) is 13.6 Å². The molecule has 1 amide bonds. The van der Waals surface area contributed by atoms with Crippen LogP contribution in [-0.2, 0) is 0 Å². The van der Waals surface area contributed by atoms with E-state index in [0.29, 0.717) is 36.3 Å². The minimum absolute atomic E-state index is 0.0295. The van der Waals surface area contributed by atoms with Gasteiger partial charge in [-0.25, -0.2) is 13.6 Å². The van der Waals surface area contributed by atoms with Gasteiger partial charge in [-0.15, -0.1) is 0 Å². The monoisotopic (exact) mass is 334 g/mol. The number of hydrogen-bond acceptors (Lipinski definition) is 2. The molecule has 4 nitrogen and oxygen atoms in total. The Morgan fingerprint density at radius 3 is 2.42 bits per heavy atom. The molecule has 0 aliphatic carbocycles. The highest BCUT2D eigenvalue weighted by atomic mass is 79.9. The lowest BCUT2D eigenvalue weighted by Crippen LogP contribution is -2.48. The zero-order valence-corrected chi connectivity index (χ0v) is 11.6. The van der Waals surface area contributed by atoms with Gasteiger partial charge in [0, 0.05) is 41.9 Å². The highest BCUT2D eigenvalue weighted by Crippen LogP contribution is 2.32. The first-order valence-corrected chi connectivity index (χ1v) is 6.58. The molecular formula is C12H13BrF2N2O2. The molecule has 7 heteroatoms. The van der Waals surface area contributed by atoms with Gasteiger partial charge in [-0.1, -0.05) is 15.9 Å². The summed E-state index contributed by atoms with van der Waals surface area (Å²) in [4.78, 5) is 13.9.